The Bertz CT molecular complexity index is 810. The summed E-state index contributed by atoms with van der Waals surface area (Å²) in [6, 6.07) is 8.83. The van der Waals surface area contributed by atoms with Crippen LogP contribution in [0.2, 0.25) is 5.02 Å². The molecule has 0 fully saturated rings. The van der Waals surface area contributed by atoms with Crippen molar-refractivity contribution in [1.29, 1.82) is 0 Å². The Balaban J connectivity index is 1.86. The van der Waals surface area contributed by atoms with Gasteiger partial charge in [-0.2, -0.15) is 0 Å². The number of hydrogen-bond donors (Lipinski definition) is 1. The summed E-state index contributed by atoms with van der Waals surface area (Å²) < 4.78 is 0. The monoisotopic (exact) mass is 311 g/mol. The van der Waals surface area contributed by atoms with E-state index in [-0.39, 0.29) is 11.6 Å². The molecule has 0 radical (unpaired) electrons. The molecule has 0 unspecified atom stereocenters. The van der Waals surface area contributed by atoms with E-state index in [4.69, 9.17) is 11.6 Å². The number of carbonyl (C=O) groups excluding carboxylic acids is 1. The summed E-state index contributed by atoms with van der Waals surface area (Å²) >= 11 is 5.97. The zero-order valence-corrected chi connectivity index (χ0v) is 12.0. The molecule has 108 valence electrons. The lowest BCUT2D eigenvalue weighted by molar-refractivity contribution is 0.102. The molecular formula is C15H10ClN5O. The largest absolute Gasteiger partial charge is 0.318 e. The third-order valence-electron chi connectivity index (χ3n) is 2.84. The lowest BCUT2D eigenvalue weighted by Crippen LogP contribution is -2.14. The van der Waals surface area contributed by atoms with Crippen LogP contribution < -0.4 is 5.32 Å². The first-order valence-electron chi connectivity index (χ1n) is 6.37. The van der Waals surface area contributed by atoms with Crippen molar-refractivity contribution in [2.75, 3.05) is 5.32 Å². The van der Waals surface area contributed by atoms with Crippen molar-refractivity contribution in [3.8, 4) is 11.3 Å². The number of anilines is 1. The van der Waals surface area contributed by atoms with Crippen LogP contribution in [0, 0.1) is 0 Å². The number of hydrogen-bond acceptors (Lipinski definition) is 5. The number of nitrogens with one attached hydrogen (secondary N) is 1. The number of aromatic nitrogens is 4. The van der Waals surface area contributed by atoms with Gasteiger partial charge in [-0.3, -0.25) is 4.79 Å². The summed E-state index contributed by atoms with van der Waals surface area (Å²) in [6.45, 7) is 0. The zero-order valence-electron chi connectivity index (χ0n) is 11.3. The summed E-state index contributed by atoms with van der Waals surface area (Å²) in [5.74, 6) is -0.361. The highest BCUT2D eigenvalue weighted by Gasteiger charge is 2.10. The molecule has 0 aliphatic rings. The maximum atomic E-state index is 12.2. The van der Waals surface area contributed by atoms with E-state index in [1.165, 1.54) is 25.0 Å². The van der Waals surface area contributed by atoms with Gasteiger partial charge in [-0.15, -0.1) is 0 Å². The fraction of sp³-hybridized carbons (Fsp3) is 0. The molecule has 7 heteroatoms. The molecule has 0 saturated heterocycles. The number of nitrogens with zero attached hydrogens (tertiary/aromatic N) is 4. The lowest BCUT2D eigenvalue weighted by Gasteiger charge is -2.05. The van der Waals surface area contributed by atoms with E-state index < -0.39 is 0 Å². The van der Waals surface area contributed by atoms with Crippen LogP contribution in [0.15, 0.2) is 55.4 Å². The van der Waals surface area contributed by atoms with Crippen LogP contribution in [-0.2, 0) is 0 Å². The molecule has 3 aromatic rings. The van der Waals surface area contributed by atoms with Gasteiger partial charge in [0, 0.05) is 10.6 Å². The van der Waals surface area contributed by atoms with Crippen molar-refractivity contribution in [3.63, 3.8) is 0 Å². The van der Waals surface area contributed by atoms with Crippen molar-refractivity contribution >= 4 is 23.2 Å². The molecule has 0 bridgehead atoms. The molecule has 6 nitrogen and oxygen atoms in total. The van der Waals surface area contributed by atoms with Gasteiger partial charge >= 0.3 is 0 Å². The Morgan fingerprint density at radius 3 is 2.64 bits per heavy atom. The zero-order chi connectivity index (χ0) is 15.4. The Labute approximate surface area is 131 Å². The van der Waals surface area contributed by atoms with Crippen LogP contribution in [0.3, 0.4) is 0 Å². The van der Waals surface area contributed by atoms with Gasteiger partial charge in [0.2, 0.25) is 0 Å². The summed E-state index contributed by atoms with van der Waals surface area (Å²) in [5, 5.41) is 3.27. The summed E-state index contributed by atoms with van der Waals surface area (Å²) in [4.78, 5) is 28.0. The average Bonchev–Trinajstić information content (AvgIpc) is 2.56. The maximum absolute atomic E-state index is 12.2. The normalized spacial score (nSPS) is 10.2. The van der Waals surface area contributed by atoms with E-state index in [1.54, 1.807) is 18.2 Å². The fourth-order valence-electron chi connectivity index (χ4n) is 1.85. The third-order valence-corrected chi connectivity index (χ3v) is 3.07. The standard InChI is InChI=1S/C15H10ClN5O/c16-11-3-1-2-10(4-11)13-5-14(20-9-19-13)15(22)21-12-6-17-8-18-7-12/h1-9H,(H,21,22). The van der Waals surface area contributed by atoms with E-state index in [2.05, 4.69) is 25.3 Å². The molecule has 2 aromatic heterocycles. The molecular weight excluding hydrogens is 302 g/mol. The first-order valence-corrected chi connectivity index (χ1v) is 6.74. The highest BCUT2D eigenvalue weighted by molar-refractivity contribution is 6.30. The number of rotatable bonds is 3. The molecule has 0 spiro atoms. The van der Waals surface area contributed by atoms with Gasteiger partial charge in [0.15, 0.2) is 0 Å². The van der Waals surface area contributed by atoms with Crippen LogP contribution in [0.5, 0.6) is 0 Å². The lowest BCUT2D eigenvalue weighted by atomic mass is 10.1. The van der Waals surface area contributed by atoms with Crippen molar-refractivity contribution in [3.05, 3.63) is 66.1 Å². The number of amides is 1. The molecule has 0 atom stereocenters. The first-order chi connectivity index (χ1) is 10.7. The summed E-state index contributed by atoms with van der Waals surface area (Å²) in [6.07, 6.45) is 5.73. The van der Waals surface area contributed by atoms with E-state index in [0.717, 1.165) is 5.56 Å². The van der Waals surface area contributed by atoms with Crippen LogP contribution in [0.25, 0.3) is 11.3 Å². The molecule has 2 heterocycles. The third kappa shape index (κ3) is 3.24. The fourth-order valence-corrected chi connectivity index (χ4v) is 2.04. The highest BCUT2D eigenvalue weighted by atomic mass is 35.5. The van der Waals surface area contributed by atoms with Crippen LogP contribution >= 0.6 is 11.6 Å². The minimum Gasteiger partial charge on any atom is -0.318 e. The second kappa shape index (κ2) is 6.28. The number of benzene rings is 1. The van der Waals surface area contributed by atoms with E-state index in [1.807, 2.05) is 12.1 Å². The highest BCUT2D eigenvalue weighted by Crippen LogP contribution is 2.21. The molecule has 0 aliphatic heterocycles. The van der Waals surface area contributed by atoms with Crippen molar-refractivity contribution in [2.45, 2.75) is 0 Å². The molecule has 0 aliphatic carbocycles. The van der Waals surface area contributed by atoms with Gasteiger partial charge in [0.05, 0.1) is 23.8 Å². The second-order valence-corrected chi connectivity index (χ2v) is 4.82. The summed E-state index contributed by atoms with van der Waals surface area (Å²) in [5.41, 5.74) is 2.17. The molecule has 1 amide bonds. The maximum Gasteiger partial charge on any atom is 0.274 e. The Morgan fingerprint density at radius 1 is 1.05 bits per heavy atom. The average molecular weight is 312 g/mol. The predicted molar refractivity (Wildman–Crippen MR) is 82.5 cm³/mol. The van der Waals surface area contributed by atoms with E-state index >= 15 is 0 Å². The van der Waals surface area contributed by atoms with Crippen molar-refractivity contribution in [2.24, 2.45) is 0 Å². The van der Waals surface area contributed by atoms with Gasteiger partial charge in [-0.1, -0.05) is 23.7 Å². The Morgan fingerprint density at radius 2 is 1.86 bits per heavy atom. The molecule has 0 saturated carbocycles. The SMILES string of the molecule is O=C(Nc1cncnc1)c1cc(-c2cccc(Cl)c2)ncn1. The molecule has 1 aromatic carbocycles. The Hall–Kier alpha value is -2.86. The second-order valence-electron chi connectivity index (χ2n) is 4.38. The van der Waals surface area contributed by atoms with E-state index in [0.29, 0.717) is 16.4 Å². The van der Waals surface area contributed by atoms with Crippen molar-refractivity contribution < 1.29 is 4.79 Å². The minimum absolute atomic E-state index is 0.244. The van der Waals surface area contributed by atoms with Crippen LogP contribution in [0.1, 0.15) is 10.5 Å². The number of carbonyl (C=O) groups is 1. The predicted octanol–water partition coefficient (Wildman–Crippen LogP) is 2.84. The van der Waals surface area contributed by atoms with Gasteiger partial charge < -0.3 is 5.32 Å². The van der Waals surface area contributed by atoms with Crippen molar-refractivity contribution in [1.82, 2.24) is 19.9 Å². The molecule has 3 rings (SSSR count). The van der Waals surface area contributed by atoms with E-state index in [9.17, 15) is 4.79 Å². The molecule has 1 N–H and O–H groups in total. The van der Waals surface area contributed by atoms with Crippen LogP contribution in [0.4, 0.5) is 5.69 Å². The summed E-state index contributed by atoms with van der Waals surface area (Å²) in [7, 11) is 0. The van der Waals surface area contributed by atoms with Gasteiger partial charge in [-0.05, 0) is 18.2 Å². The molecule has 22 heavy (non-hydrogen) atoms. The smallest absolute Gasteiger partial charge is 0.274 e. The quantitative estimate of drug-likeness (QED) is 0.804. The van der Waals surface area contributed by atoms with Crippen LogP contribution in [-0.4, -0.2) is 25.8 Å². The minimum atomic E-state index is -0.361. The van der Waals surface area contributed by atoms with Gasteiger partial charge in [0.1, 0.15) is 18.3 Å². The first kappa shape index (κ1) is 14.1. The Kier molecular flexibility index (Phi) is 4.02. The van der Waals surface area contributed by atoms with Gasteiger partial charge in [0.25, 0.3) is 5.91 Å². The number of halogens is 1. The van der Waals surface area contributed by atoms with Gasteiger partial charge in [-0.25, -0.2) is 19.9 Å². The topological polar surface area (TPSA) is 80.7 Å².